The van der Waals surface area contributed by atoms with E-state index < -0.39 is 40.8 Å². The monoisotopic (exact) mass is 364 g/mol. The first-order valence-electron chi connectivity index (χ1n) is 6.62. The van der Waals surface area contributed by atoms with Crippen molar-refractivity contribution in [3.8, 4) is 0 Å². The van der Waals surface area contributed by atoms with Crippen molar-refractivity contribution >= 4 is 17.4 Å². The maximum absolute atomic E-state index is 12.9. The van der Waals surface area contributed by atoms with Gasteiger partial charge in [-0.15, -0.1) is 0 Å². The Kier molecular flexibility index (Phi) is 4.86. The summed E-state index contributed by atoms with van der Waals surface area (Å²) in [4.78, 5) is 18.7. The maximum Gasteiger partial charge on any atom is 0.434 e. The molecule has 0 spiro atoms. The lowest BCUT2D eigenvalue weighted by Crippen LogP contribution is -2.21. The van der Waals surface area contributed by atoms with E-state index in [2.05, 4.69) is 15.3 Å². The van der Waals surface area contributed by atoms with Gasteiger partial charge in [-0.2, -0.15) is 26.3 Å². The number of pyridine rings is 2. The molecule has 2 N–H and O–H groups in total. The van der Waals surface area contributed by atoms with Crippen LogP contribution in [0.15, 0.2) is 30.6 Å². The fraction of sp³-hybridized carbons (Fsp3) is 0.214. The maximum atomic E-state index is 12.9. The van der Waals surface area contributed by atoms with Gasteiger partial charge in [-0.3, -0.25) is 9.78 Å². The Bertz CT molecular complexity index is 788. The number of nitrogens with one attached hydrogen (secondary N) is 2. The molecule has 0 radical (unpaired) electrons. The van der Waals surface area contributed by atoms with Crippen LogP contribution in [0.3, 0.4) is 0 Å². The quantitative estimate of drug-likeness (QED) is 0.813. The van der Waals surface area contributed by atoms with Crippen LogP contribution in [-0.4, -0.2) is 22.9 Å². The first-order chi connectivity index (χ1) is 11.5. The van der Waals surface area contributed by atoms with E-state index in [1.165, 1.54) is 7.05 Å². The Hall–Kier alpha value is -2.85. The fourth-order valence-corrected chi connectivity index (χ4v) is 1.92. The fourth-order valence-electron chi connectivity index (χ4n) is 1.92. The highest BCUT2D eigenvalue weighted by atomic mass is 19.4. The number of hydrogen-bond donors (Lipinski definition) is 2. The summed E-state index contributed by atoms with van der Waals surface area (Å²) in [5.41, 5.74) is -3.85. The van der Waals surface area contributed by atoms with Gasteiger partial charge in [-0.1, -0.05) is 0 Å². The molecule has 1 amide bonds. The number of carbonyl (C=O) groups is 1. The Morgan fingerprint density at radius 2 is 1.76 bits per heavy atom. The van der Waals surface area contributed by atoms with Crippen LogP contribution in [0.25, 0.3) is 0 Å². The van der Waals surface area contributed by atoms with Crippen LogP contribution in [0.2, 0.25) is 0 Å². The number of alkyl halides is 6. The first-order valence-corrected chi connectivity index (χ1v) is 6.62. The van der Waals surface area contributed by atoms with Crippen LogP contribution in [0.4, 0.5) is 37.8 Å². The average molecular weight is 364 g/mol. The Balaban J connectivity index is 2.42. The highest BCUT2D eigenvalue weighted by Crippen LogP contribution is 2.34. The summed E-state index contributed by atoms with van der Waals surface area (Å²) in [6.45, 7) is 0. The number of carbonyl (C=O) groups excluding carboxylic acids is 1. The van der Waals surface area contributed by atoms with E-state index in [4.69, 9.17) is 0 Å². The molecule has 0 unspecified atom stereocenters. The molecule has 0 saturated heterocycles. The average Bonchev–Trinajstić information content (AvgIpc) is 2.53. The topological polar surface area (TPSA) is 66.9 Å². The number of aromatic nitrogens is 2. The van der Waals surface area contributed by atoms with Gasteiger partial charge in [0.1, 0.15) is 5.82 Å². The third kappa shape index (κ3) is 4.17. The minimum Gasteiger partial charge on any atom is -0.371 e. The predicted molar refractivity (Wildman–Crippen MR) is 76.0 cm³/mol. The van der Waals surface area contributed by atoms with Gasteiger partial charge < -0.3 is 10.6 Å². The van der Waals surface area contributed by atoms with Crippen molar-refractivity contribution in [3.63, 3.8) is 0 Å². The van der Waals surface area contributed by atoms with Crippen LogP contribution >= 0.6 is 0 Å². The van der Waals surface area contributed by atoms with Gasteiger partial charge in [-0.25, -0.2) is 4.98 Å². The number of nitrogens with zero attached hydrogens (tertiary/aromatic N) is 2. The van der Waals surface area contributed by atoms with Gasteiger partial charge in [0.15, 0.2) is 5.69 Å². The number of anilines is 2. The second-order valence-corrected chi connectivity index (χ2v) is 4.72. The minimum absolute atomic E-state index is 0.140. The molecule has 2 rings (SSSR count). The van der Waals surface area contributed by atoms with Gasteiger partial charge >= 0.3 is 12.4 Å². The van der Waals surface area contributed by atoms with E-state index in [-0.39, 0.29) is 5.82 Å². The molecule has 0 aliphatic carbocycles. The van der Waals surface area contributed by atoms with Gasteiger partial charge in [0.25, 0.3) is 5.91 Å². The molecule has 2 aromatic rings. The van der Waals surface area contributed by atoms with Gasteiger partial charge in [0.05, 0.1) is 16.8 Å². The van der Waals surface area contributed by atoms with E-state index >= 15 is 0 Å². The SMILES string of the molecule is CNc1ncc(C(F)(F)F)cc1NC(=O)c1cccnc1C(F)(F)F. The molecular weight excluding hydrogens is 354 g/mol. The van der Waals surface area contributed by atoms with E-state index in [1.54, 1.807) is 0 Å². The molecule has 0 fully saturated rings. The smallest absolute Gasteiger partial charge is 0.371 e. The zero-order chi connectivity index (χ0) is 18.8. The molecule has 0 aromatic carbocycles. The number of amides is 1. The summed E-state index contributed by atoms with van der Waals surface area (Å²) in [5, 5.41) is 4.44. The highest BCUT2D eigenvalue weighted by Gasteiger charge is 2.37. The summed E-state index contributed by atoms with van der Waals surface area (Å²) in [6, 6.07) is 2.54. The van der Waals surface area contributed by atoms with Crippen molar-refractivity contribution in [2.24, 2.45) is 0 Å². The van der Waals surface area contributed by atoms with Crippen molar-refractivity contribution in [3.05, 3.63) is 47.4 Å². The van der Waals surface area contributed by atoms with Crippen LogP contribution in [-0.2, 0) is 12.4 Å². The summed E-state index contributed by atoms with van der Waals surface area (Å²) in [7, 11) is 1.33. The van der Waals surface area contributed by atoms with Gasteiger partial charge in [0.2, 0.25) is 0 Å². The Labute approximate surface area is 137 Å². The van der Waals surface area contributed by atoms with Gasteiger partial charge in [0, 0.05) is 19.4 Å². The number of hydrogen-bond acceptors (Lipinski definition) is 4. The zero-order valence-electron chi connectivity index (χ0n) is 12.5. The predicted octanol–water partition coefficient (Wildman–Crippen LogP) is 3.81. The lowest BCUT2D eigenvalue weighted by molar-refractivity contribution is -0.141. The lowest BCUT2D eigenvalue weighted by Gasteiger charge is -2.15. The molecule has 0 aliphatic rings. The molecule has 0 bridgehead atoms. The molecule has 0 saturated carbocycles. The van der Waals surface area contributed by atoms with Crippen LogP contribution in [0.5, 0.6) is 0 Å². The standard InChI is InChI=1S/C14H10F6N4O/c1-21-11-9(5-7(6-23-11)13(15,16)17)24-12(25)8-3-2-4-22-10(8)14(18,19)20/h2-6H,1H3,(H,21,23)(H,24,25). The van der Waals surface area contributed by atoms with Crippen LogP contribution in [0, 0.1) is 0 Å². The molecule has 5 nitrogen and oxygen atoms in total. The van der Waals surface area contributed by atoms with Crippen molar-refractivity contribution in [2.45, 2.75) is 12.4 Å². The van der Waals surface area contributed by atoms with E-state index in [9.17, 15) is 31.1 Å². The van der Waals surface area contributed by atoms with Crippen molar-refractivity contribution in [1.82, 2.24) is 9.97 Å². The Morgan fingerprint density at radius 1 is 1.08 bits per heavy atom. The van der Waals surface area contributed by atoms with E-state index in [1.807, 2.05) is 5.32 Å². The molecule has 0 atom stereocenters. The summed E-state index contributed by atoms with van der Waals surface area (Å²) in [5.74, 6) is -1.41. The summed E-state index contributed by atoms with van der Waals surface area (Å²) >= 11 is 0. The third-order valence-electron chi connectivity index (χ3n) is 3.02. The highest BCUT2D eigenvalue weighted by molar-refractivity contribution is 6.06. The second-order valence-electron chi connectivity index (χ2n) is 4.72. The largest absolute Gasteiger partial charge is 0.434 e. The molecule has 2 aromatic heterocycles. The second kappa shape index (κ2) is 6.57. The van der Waals surface area contributed by atoms with Crippen molar-refractivity contribution in [1.29, 1.82) is 0 Å². The molecule has 134 valence electrons. The molecule has 2 heterocycles. The summed E-state index contributed by atoms with van der Waals surface area (Å²) < 4.78 is 76.9. The molecular formula is C14H10F6N4O. The molecule has 25 heavy (non-hydrogen) atoms. The molecule has 0 aliphatic heterocycles. The van der Waals surface area contributed by atoms with Crippen molar-refractivity contribution in [2.75, 3.05) is 17.7 Å². The third-order valence-corrected chi connectivity index (χ3v) is 3.02. The Morgan fingerprint density at radius 3 is 2.32 bits per heavy atom. The van der Waals surface area contributed by atoms with Crippen LogP contribution < -0.4 is 10.6 Å². The lowest BCUT2D eigenvalue weighted by atomic mass is 10.1. The number of halogens is 6. The van der Waals surface area contributed by atoms with Crippen molar-refractivity contribution < 1.29 is 31.1 Å². The summed E-state index contributed by atoms with van der Waals surface area (Å²) in [6.07, 6.45) is -8.24. The molecule has 11 heteroatoms. The van der Waals surface area contributed by atoms with E-state index in [0.29, 0.717) is 12.3 Å². The first kappa shape index (κ1) is 18.5. The zero-order valence-corrected chi connectivity index (χ0v) is 12.5. The minimum atomic E-state index is -4.90. The van der Waals surface area contributed by atoms with Crippen LogP contribution in [0.1, 0.15) is 21.6 Å². The van der Waals surface area contributed by atoms with E-state index in [0.717, 1.165) is 18.3 Å². The van der Waals surface area contributed by atoms with Gasteiger partial charge in [-0.05, 0) is 18.2 Å². The number of rotatable bonds is 3. The normalized spacial score (nSPS) is 12.0.